The molecule has 0 aliphatic carbocycles. The Morgan fingerprint density at radius 3 is 2.41 bits per heavy atom. The molecule has 2 heterocycles. The van der Waals surface area contributed by atoms with Crippen LogP contribution in [0, 0.1) is 5.82 Å². The van der Waals surface area contributed by atoms with Crippen molar-refractivity contribution in [2.24, 2.45) is 5.73 Å². The van der Waals surface area contributed by atoms with E-state index in [-0.39, 0.29) is 35.6 Å². The van der Waals surface area contributed by atoms with E-state index < -0.39 is 33.8 Å². The third kappa shape index (κ3) is 4.28. The van der Waals surface area contributed by atoms with E-state index in [1.54, 1.807) is 38.1 Å². The number of sulfonamides is 1. The second-order valence-electron chi connectivity index (χ2n) is 8.48. The summed E-state index contributed by atoms with van der Waals surface area (Å²) in [5.41, 5.74) is 6.79. The normalized spacial score (nSPS) is 21.1. The summed E-state index contributed by atoms with van der Waals surface area (Å²) in [5, 5.41) is 0.520. The van der Waals surface area contributed by atoms with E-state index >= 15 is 0 Å². The molecule has 11 heteroatoms. The van der Waals surface area contributed by atoms with Crippen LogP contribution in [0.3, 0.4) is 0 Å². The lowest BCUT2D eigenvalue weighted by molar-refractivity contribution is -0.149. The fraction of sp³-hybridized carbons (Fsp3) is 0.304. The average molecular weight is 507 g/mol. The second kappa shape index (κ2) is 9.01. The molecule has 4 rings (SSSR count). The first-order valence-corrected chi connectivity index (χ1v) is 12.5. The van der Waals surface area contributed by atoms with E-state index in [2.05, 4.69) is 0 Å². The minimum atomic E-state index is -4.28. The predicted molar refractivity (Wildman–Crippen MR) is 124 cm³/mol. The number of nitrogens with zero attached hydrogens (tertiary/aromatic N) is 3. The van der Waals surface area contributed by atoms with Crippen molar-refractivity contribution in [1.82, 2.24) is 14.1 Å². The van der Waals surface area contributed by atoms with Gasteiger partial charge in [-0.2, -0.15) is 0 Å². The van der Waals surface area contributed by atoms with Crippen LogP contribution >= 0.6 is 11.6 Å². The monoisotopic (exact) mass is 506 g/mol. The third-order valence-electron chi connectivity index (χ3n) is 5.81. The van der Waals surface area contributed by atoms with Crippen LogP contribution < -0.4 is 5.73 Å². The van der Waals surface area contributed by atoms with Gasteiger partial charge in [0.15, 0.2) is 0 Å². The first kappa shape index (κ1) is 24.2. The van der Waals surface area contributed by atoms with Crippen LogP contribution in [-0.2, 0) is 26.0 Å². The van der Waals surface area contributed by atoms with Gasteiger partial charge in [0.05, 0.1) is 11.4 Å². The molecule has 2 amide bonds. The van der Waals surface area contributed by atoms with Gasteiger partial charge in [0, 0.05) is 23.7 Å². The zero-order chi connectivity index (χ0) is 24.8. The van der Waals surface area contributed by atoms with Crippen LogP contribution in [0.4, 0.5) is 4.39 Å². The number of halogens is 2. The van der Waals surface area contributed by atoms with Crippen molar-refractivity contribution >= 4 is 33.4 Å². The number of amides is 2. The summed E-state index contributed by atoms with van der Waals surface area (Å²) in [5.74, 6) is -1.64. The minimum absolute atomic E-state index is 0.00299. The summed E-state index contributed by atoms with van der Waals surface area (Å²) in [4.78, 5) is 28.9. The molecule has 2 N–H and O–H groups in total. The van der Waals surface area contributed by atoms with Gasteiger partial charge >= 0.3 is 0 Å². The highest BCUT2D eigenvalue weighted by Gasteiger charge is 2.49. The summed E-state index contributed by atoms with van der Waals surface area (Å²) >= 11 is 5.97. The van der Waals surface area contributed by atoms with Crippen molar-refractivity contribution < 1.29 is 22.4 Å². The fourth-order valence-corrected chi connectivity index (χ4v) is 5.70. The topological polar surface area (TPSA) is 104 Å². The van der Waals surface area contributed by atoms with E-state index in [4.69, 9.17) is 17.3 Å². The Labute approximate surface area is 202 Å². The molecule has 2 unspecified atom stereocenters. The maximum absolute atomic E-state index is 13.8. The number of carbonyl (C=O) groups is 2. The third-order valence-corrected chi connectivity index (χ3v) is 7.83. The lowest BCUT2D eigenvalue weighted by atomic mass is 9.99. The Morgan fingerprint density at radius 1 is 1.12 bits per heavy atom. The number of rotatable bonds is 5. The molecular weight excluding hydrogens is 483 g/mol. The molecule has 2 aliphatic heterocycles. The Balaban J connectivity index is 1.83. The zero-order valence-corrected chi connectivity index (χ0v) is 20.1. The molecule has 8 nitrogen and oxygen atoms in total. The van der Waals surface area contributed by atoms with Crippen molar-refractivity contribution in [2.45, 2.75) is 43.3 Å². The van der Waals surface area contributed by atoms with Gasteiger partial charge in [-0.25, -0.2) is 17.1 Å². The Kier molecular flexibility index (Phi) is 6.41. The molecule has 0 radical (unpaired) electrons. The van der Waals surface area contributed by atoms with Crippen molar-refractivity contribution in [3.8, 4) is 0 Å². The first-order chi connectivity index (χ1) is 16.0. The molecule has 0 saturated carbocycles. The van der Waals surface area contributed by atoms with E-state index in [1.807, 2.05) is 0 Å². The molecule has 2 aromatic rings. The van der Waals surface area contributed by atoms with Crippen LogP contribution in [0.15, 0.2) is 65.4 Å². The smallest absolute Gasteiger partial charge is 0.265 e. The van der Waals surface area contributed by atoms with Crippen LogP contribution in [0.5, 0.6) is 0 Å². The number of nitrogens with two attached hydrogens (primary N) is 1. The fourth-order valence-electron chi connectivity index (χ4n) is 4.07. The highest BCUT2D eigenvalue weighted by atomic mass is 35.5. The maximum atomic E-state index is 13.8. The van der Waals surface area contributed by atoms with Crippen LogP contribution in [0.25, 0.3) is 0 Å². The quantitative estimate of drug-likeness (QED) is 0.670. The summed E-state index contributed by atoms with van der Waals surface area (Å²) in [6.45, 7) is 3.23. The van der Waals surface area contributed by atoms with Crippen molar-refractivity contribution in [3.05, 3.63) is 77.0 Å². The number of fused-ring (bicyclic) bond motifs is 1. The summed E-state index contributed by atoms with van der Waals surface area (Å²) in [7, 11) is -4.28. The van der Waals surface area contributed by atoms with Gasteiger partial charge in [-0.15, -0.1) is 0 Å². The van der Waals surface area contributed by atoms with Crippen molar-refractivity contribution in [1.29, 1.82) is 0 Å². The zero-order valence-electron chi connectivity index (χ0n) is 18.6. The van der Waals surface area contributed by atoms with Gasteiger partial charge in [-0.3, -0.25) is 14.5 Å². The second-order valence-corrected chi connectivity index (χ2v) is 10.8. The summed E-state index contributed by atoms with van der Waals surface area (Å²) in [6, 6.07) is 8.89. The van der Waals surface area contributed by atoms with Gasteiger partial charge in [-0.05, 0) is 49.7 Å². The van der Waals surface area contributed by atoms with Gasteiger partial charge in [0.1, 0.15) is 23.7 Å². The Hall–Kier alpha value is -2.95. The molecule has 0 aromatic heterocycles. The summed E-state index contributed by atoms with van der Waals surface area (Å²) in [6.07, 6.45) is 1.48. The van der Waals surface area contributed by atoms with E-state index in [1.165, 1.54) is 23.2 Å². The predicted octanol–water partition coefficient (Wildman–Crippen LogP) is 2.30. The molecule has 34 heavy (non-hydrogen) atoms. The lowest BCUT2D eigenvalue weighted by Crippen LogP contribution is -2.66. The van der Waals surface area contributed by atoms with Crippen LogP contribution in [0.2, 0.25) is 5.02 Å². The highest BCUT2D eigenvalue weighted by molar-refractivity contribution is 7.89. The molecule has 1 saturated heterocycles. The SMILES string of the molecule is CC(C)N1C=C2N(C(=O)C(N)CN2S(=O)(=O)c2cccc(F)c2)C(Cc2ccc(Cl)cc2)C1=O. The molecule has 2 atom stereocenters. The lowest BCUT2D eigenvalue weighted by Gasteiger charge is -2.48. The first-order valence-electron chi connectivity index (χ1n) is 10.7. The molecule has 2 aromatic carbocycles. The van der Waals surface area contributed by atoms with E-state index in [9.17, 15) is 22.4 Å². The average Bonchev–Trinajstić information content (AvgIpc) is 2.78. The van der Waals surface area contributed by atoms with Crippen LogP contribution in [-0.4, -0.2) is 59.0 Å². The number of hydrogen-bond donors (Lipinski definition) is 1. The molecule has 180 valence electrons. The molecule has 1 fully saturated rings. The Morgan fingerprint density at radius 2 is 1.79 bits per heavy atom. The number of hydrogen-bond acceptors (Lipinski definition) is 5. The molecule has 0 bridgehead atoms. The number of benzene rings is 2. The molecule has 0 spiro atoms. The van der Waals surface area contributed by atoms with Crippen molar-refractivity contribution in [3.63, 3.8) is 0 Å². The highest BCUT2D eigenvalue weighted by Crippen LogP contribution is 2.34. The van der Waals surface area contributed by atoms with Gasteiger partial charge in [0.2, 0.25) is 11.8 Å². The largest absolute Gasteiger partial charge is 0.318 e. The van der Waals surface area contributed by atoms with Gasteiger partial charge in [0.25, 0.3) is 10.0 Å². The molecular formula is C23H24ClFN4O4S. The minimum Gasteiger partial charge on any atom is -0.318 e. The summed E-state index contributed by atoms with van der Waals surface area (Å²) < 4.78 is 41.8. The Bertz CT molecular complexity index is 1270. The molecule has 2 aliphatic rings. The number of carbonyl (C=O) groups excluding carboxylic acids is 2. The van der Waals surface area contributed by atoms with Crippen molar-refractivity contribution in [2.75, 3.05) is 6.54 Å². The van der Waals surface area contributed by atoms with Crippen LogP contribution in [0.1, 0.15) is 19.4 Å². The maximum Gasteiger partial charge on any atom is 0.265 e. The van der Waals surface area contributed by atoms with E-state index in [0.717, 1.165) is 26.9 Å². The van der Waals surface area contributed by atoms with E-state index in [0.29, 0.717) is 5.02 Å². The van der Waals surface area contributed by atoms with Gasteiger partial charge in [-0.1, -0.05) is 29.8 Å². The van der Waals surface area contributed by atoms with Gasteiger partial charge < -0.3 is 10.6 Å². The standard InChI is InChI=1S/C23H24ClFN4O4S/c1-14(2)27-13-21-28(34(32,33)18-5-3-4-17(25)11-18)12-19(26)22(30)29(21)20(23(27)31)10-15-6-8-16(24)9-7-15/h3-9,11,13-14,19-20H,10,12,26H2,1-2H3.